The van der Waals surface area contributed by atoms with Crippen molar-refractivity contribution >= 4 is 35.1 Å². The van der Waals surface area contributed by atoms with Crippen molar-refractivity contribution in [2.45, 2.75) is 44.4 Å². The van der Waals surface area contributed by atoms with Gasteiger partial charge in [-0.3, -0.25) is 14.4 Å². The Labute approximate surface area is 203 Å². The van der Waals surface area contributed by atoms with Gasteiger partial charge < -0.3 is 25.2 Å². The van der Waals surface area contributed by atoms with Crippen molar-refractivity contribution in [3.63, 3.8) is 0 Å². The lowest BCUT2D eigenvalue weighted by Gasteiger charge is -2.54. The number of nitrogens with one attached hydrogen (secondary N) is 2. The van der Waals surface area contributed by atoms with Gasteiger partial charge in [0.1, 0.15) is 0 Å². The Morgan fingerprint density at radius 2 is 1.94 bits per heavy atom. The number of guanidine groups is 1. The third kappa shape index (κ3) is 3.67. The lowest BCUT2D eigenvalue weighted by atomic mass is 9.93. The fraction of sp³-hybridized carbons (Fsp3) is 0.385. The van der Waals surface area contributed by atoms with Gasteiger partial charge in [-0.15, -0.1) is 0 Å². The lowest BCUT2D eigenvalue weighted by Crippen LogP contribution is -2.71. The molecule has 6 rings (SSSR count). The number of hydrogen-bond donors (Lipinski definition) is 2. The zero-order valence-corrected chi connectivity index (χ0v) is 19.5. The summed E-state index contributed by atoms with van der Waals surface area (Å²) in [6.07, 6.45) is 2.67. The van der Waals surface area contributed by atoms with E-state index in [1.165, 1.54) is 0 Å². The third-order valence-electron chi connectivity index (χ3n) is 7.28. The van der Waals surface area contributed by atoms with Crippen molar-refractivity contribution in [2.75, 3.05) is 29.9 Å². The molecule has 9 nitrogen and oxygen atoms in total. The number of carbonyl (C=O) groups is 3. The molecule has 3 amide bonds. The molecule has 2 bridgehead atoms. The van der Waals surface area contributed by atoms with Crippen LogP contribution in [0.5, 0.6) is 0 Å². The van der Waals surface area contributed by atoms with Crippen LogP contribution in [0.1, 0.15) is 57.3 Å². The van der Waals surface area contributed by atoms with Crippen molar-refractivity contribution < 1.29 is 19.1 Å². The van der Waals surface area contributed by atoms with E-state index in [0.717, 1.165) is 30.6 Å². The summed E-state index contributed by atoms with van der Waals surface area (Å²) in [5.41, 5.74) is 2.88. The first-order valence-electron chi connectivity index (χ1n) is 12.1. The van der Waals surface area contributed by atoms with Crippen LogP contribution in [-0.2, 0) is 4.74 Å². The Kier molecular flexibility index (Phi) is 5.29. The van der Waals surface area contributed by atoms with Gasteiger partial charge >= 0.3 is 0 Å². The normalized spacial score (nSPS) is 27.0. The number of carbonyl (C=O) groups excluding carboxylic acids is 3. The van der Waals surface area contributed by atoms with Gasteiger partial charge in [-0.05, 0) is 56.5 Å². The van der Waals surface area contributed by atoms with Gasteiger partial charge in [0.2, 0.25) is 5.96 Å². The summed E-state index contributed by atoms with van der Waals surface area (Å²) in [6.45, 7) is 3.82. The summed E-state index contributed by atoms with van der Waals surface area (Å²) in [5, 5.41) is 6.21. The number of rotatable bonds is 1. The SMILES string of the molecule is C[C@H]1CCCCNC(=O)c2cccc(c2)C(=O)/N=C2\Nc3cccc(C(=O)N4CC5OC[C@H]54)c3N21. The molecule has 0 aromatic heterocycles. The number of anilines is 2. The first-order chi connectivity index (χ1) is 17.0. The molecule has 35 heavy (non-hydrogen) atoms. The van der Waals surface area contributed by atoms with Crippen LogP contribution >= 0.6 is 0 Å². The minimum Gasteiger partial charge on any atom is -0.372 e. The van der Waals surface area contributed by atoms with Gasteiger partial charge in [0, 0.05) is 30.3 Å². The Hall–Kier alpha value is -3.72. The Morgan fingerprint density at radius 3 is 2.71 bits per heavy atom. The van der Waals surface area contributed by atoms with Crippen LogP contribution in [0.3, 0.4) is 0 Å². The summed E-state index contributed by atoms with van der Waals surface area (Å²) in [7, 11) is 0. The fourth-order valence-electron chi connectivity index (χ4n) is 5.19. The van der Waals surface area contributed by atoms with E-state index in [0.29, 0.717) is 42.3 Å². The van der Waals surface area contributed by atoms with Crippen LogP contribution in [0.25, 0.3) is 0 Å². The molecule has 2 fully saturated rings. The Balaban J connectivity index is 1.39. The summed E-state index contributed by atoms with van der Waals surface area (Å²) in [4.78, 5) is 47.4. The van der Waals surface area contributed by atoms with Crippen molar-refractivity contribution in [3.05, 3.63) is 59.2 Å². The van der Waals surface area contributed by atoms with Gasteiger partial charge in [-0.2, -0.15) is 4.99 Å². The van der Waals surface area contributed by atoms with Crippen LogP contribution in [0, 0.1) is 0 Å². The largest absolute Gasteiger partial charge is 0.372 e. The number of amides is 3. The fourth-order valence-corrected chi connectivity index (χ4v) is 5.19. The monoisotopic (exact) mass is 473 g/mol. The van der Waals surface area contributed by atoms with Crippen molar-refractivity contribution in [1.29, 1.82) is 0 Å². The maximum absolute atomic E-state index is 13.5. The summed E-state index contributed by atoms with van der Waals surface area (Å²) in [5.74, 6) is -0.270. The van der Waals surface area contributed by atoms with E-state index in [-0.39, 0.29) is 30.0 Å². The first-order valence-corrected chi connectivity index (χ1v) is 12.1. The molecule has 2 aromatic rings. The molecule has 2 saturated heterocycles. The third-order valence-corrected chi connectivity index (χ3v) is 7.28. The number of ether oxygens (including phenoxy) is 1. The Morgan fingerprint density at radius 1 is 1.11 bits per heavy atom. The lowest BCUT2D eigenvalue weighted by molar-refractivity contribution is -0.195. The van der Waals surface area contributed by atoms with Gasteiger partial charge in [0.25, 0.3) is 17.7 Å². The summed E-state index contributed by atoms with van der Waals surface area (Å²) in [6, 6.07) is 12.3. The second kappa shape index (κ2) is 8.49. The van der Waals surface area contributed by atoms with E-state index in [2.05, 4.69) is 22.5 Å². The molecule has 4 heterocycles. The number of benzene rings is 2. The second-order valence-electron chi connectivity index (χ2n) is 9.52. The highest BCUT2D eigenvalue weighted by molar-refractivity contribution is 6.22. The maximum atomic E-state index is 13.5. The molecule has 1 unspecified atom stereocenters. The molecular weight excluding hydrogens is 446 g/mol. The molecule has 0 saturated carbocycles. The molecule has 180 valence electrons. The number of hydrogen-bond acceptors (Lipinski definition) is 6. The number of fused-ring (bicyclic) bond motifs is 6. The molecule has 3 atom stereocenters. The topological polar surface area (TPSA) is 103 Å². The van der Waals surface area contributed by atoms with Crippen LogP contribution < -0.4 is 15.5 Å². The predicted molar refractivity (Wildman–Crippen MR) is 131 cm³/mol. The average molecular weight is 474 g/mol. The van der Waals surface area contributed by atoms with E-state index >= 15 is 0 Å². The van der Waals surface area contributed by atoms with Gasteiger partial charge in [0.05, 0.1) is 35.7 Å². The quantitative estimate of drug-likeness (QED) is 0.660. The van der Waals surface area contributed by atoms with Gasteiger partial charge in [0.15, 0.2) is 0 Å². The number of para-hydroxylation sites is 1. The second-order valence-corrected chi connectivity index (χ2v) is 9.52. The highest BCUT2D eigenvalue weighted by atomic mass is 16.5. The van der Waals surface area contributed by atoms with Crippen LogP contribution in [0.15, 0.2) is 47.5 Å². The van der Waals surface area contributed by atoms with Crippen LogP contribution in [-0.4, -0.2) is 66.5 Å². The van der Waals surface area contributed by atoms with Crippen LogP contribution in [0.4, 0.5) is 11.4 Å². The Bertz CT molecular complexity index is 1260. The molecule has 0 radical (unpaired) electrons. The van der Waals surface area contributed by atoms with Crippen molar-refractivity contribution in [1.82, 2.24) is 10.2 Å². The zero-order chi connectivity index (χ0) is 24.1. The summed E-state index contributed by atoms with van der Waals surface area (Å²) < 4.78 is 5.48. The first kappa shape index (κ1) is 21.8. The van der Waals surface area contributed by atoms with Gasteiger partial charge in [-0.25, -0.2) is 0 Å². The molecule has 0 aliphatic carbocycles. The van der Waals surface area contributed by atoms with E-state index in [1.54, 1.807) is 24.3 Å². The minimum absolute atomic E-state index is 0.0228. The number of morpholine rings is 1. The molecule has 2 aromatic carbocycles. The van der Waals surface area contributed by atoms with E-state index < -0.39 is 5.91 Å². The molecule has 4 aliphatic rings. The van der Waals surface area contributed by atoms with E-state index in [9.17, 15) is 14.4 Å². The minimum atomic E-state index is -0.450. The van der Waals surface area contributed by atoms with Gasteiger partial charge in [-0.1, -0.05) is 12.1 Å². The van der Waals surface area contributed by atoms with E-state index in [4.69, 9.17) is 4.74 Å². The molecule has 9 heteroatoms. The molecule has 0 spiro atoms. The zero-order valence-electron chi connectivity index (χ0n) is 19.5. The standard InChI is InChI=1S/C26H27N5O4/c1-15-6-2-3-11-27-23(32)16-7-4-8-17(12-16)24(33)29-26-28-19-10-5-9-18(22(19)31(15)26)25(34)30-13-21-20(30)14-35-21/h4-5,7-10,12,15,20-21H,2-3,6,11,13-14H2,1H3,(H,27,32)(H,28,29,33)/t15-,20+,21?/m0/s1. The highest BCUT2D eigenvalue weighted by Gasteiger charge is 2.50. The average Bonchev–Trinajstić information content (AvgIpc) is 3.22. The smallest absolute Gasteiger partial charge is 0.280 e. The van der Waals surface area contributed by atoms with Crippen molar-refractivity contribution in [2.24, 2.45) is 4.99 Å². The highest BCUT2D eigenvalue weighted by Crippen LogP contribution is 2.41. The number of aliphatic imine (C=N–C) groups is 1. The van der Waals surface area contributed by atoms with Crippen molar-refractivity contribution in [3.8, 4) is 0 Å². The number of nitrogens with zero attached hydrogens (tertiary/aromatic N) is 3. The van der Waals surface area contributed by atoms with E-state index in [1.807, 2.05) is 28.0 Å². The van der Waals surface area contributed by atoms with Crippen LogP contribution in [0.2, 0.25) is 0 Å². The summed E-state index contributed by atoms with van der Waals surface area (Å²) >= 11 is 0. The predicted octanol–water partition coefficient (Wildman–Crippen LogP) is 2.64. The maximum Gasteiger partial charge on any atom is 0.280 e. The molecule has 4 aliphatic heterocycles. The molecular formula is C26H27N5O4. The number of likely N-dealkylation sites (tertiary alicyclic amines) is 1. The molecule has 2 N–H and O–H groups in total.